The van der Waals surface area contributed by atoms with Gasteiger partial charge in [-0.3, -0.25) is 9.59 Å². The van der Waals surface area contributed by atoms with Gasteiger partial charge in [0.2, 0.25) is 11.8 Å². The van der Waals surface area contributed by atoms with Gasteiger partial charge in [-0.25, -0.2) is 0 Å². The molecular formula is C9H17N3O2. The zero-order valence-electron chi connectivity index (χ0n) is 8.69. The molecule has 1 heterocycles. The number of hydrogen-bond donors (Lipinski definition) is 1. The quantitative estimate of drug-likeness (QED) is 0.622. The van der Waals surface area contributed by atoms with Crippen LogP contribution in [0.25, 0.3) is 0 Å². The molecule has 1 atom stereocenters. The first-order valence-electron chi connectivity index (χ1n) is 4.78. The minimum Gasteiger partial charge on any atom is -0.347 e. The zero-order valence-corrected chi connectivity index (χ0v) is 8.69. The van der Waals surface area contributed by atoms with Gasteiger partial charge in [-0.2, -0.15) is 0 Å². The van der Waals surface area contributed by atoms with Crippen molar-refractivity contribution in [2.45, 2.75) is 18.9 Å². The molecule has 14 heavy (non-hydrogen) atoms. The van der Waals surface area contributed by atoms with E-state index in [0.29, 0.717) is 6.54 Å². The standard InChI is InChI=1S/C9H17N3O2/c1-11(2)9(14)7-4-3-5-12(7)8(13)6-10/h7H,3-6,10H2,1-2H3. The lowest BCUT2D eigenvalue weighted by Crippen LogP contribution is -2.47. The van der Waals surface area contributed by atoms with Gasteiger partial charge in [0, 0.05) is 20.6 Å². The van der Waals surface area contributed by atoms with Crippen LogP contribution in [0.15, 0.2) is 0 Å². The fourth-order valence-electron chi connectivity index (χ4n) is 1.74. The van der Waals surface area contributed by atoms with E-state index in [-0.39, 0.29) is 24.4 Å². The highest BCUT2D eigenvalue weighted by Crippen LogP contribution is 2.18. The van der Waals surface area contributed by atoms with Crippen LogP contribution in [0.4, 0.5) is 0 Å². The van der Waals surface area contributed by atoms with Gasteiger partial charge < -0.3 is 15.5 Å². The summed E-state index contributed by atoms with van der Waals surface area (Å²) in [4.78, 5) is 26.2. The number of nitrogens with zero attached hydrogens (tertiary/aromatic N) is 2. The smallest absolute Gasteiger partial charge is 0.244 e. The maximum atomic E-state index is 11.7. The first kappa shape index (κ1) is 11.0. The Balaban J connectivity index is 2.68. The van der Waals surface area contributed by atoms with E-state index in [1.807, 2.05) is 0 Å². The number of carbonyl (C=O) groups is 2. The molecule has 1 saturated heterocycles. The van der Waals surface area contributed by atoms with E-state index in [1.54, 1.807) is 19.0 Å². The highest BCUT2D eigenvalue weighted by molar-refractivity contribution is 5.88. The number of likely N-dealkylation sites (N-methyl/N-ethyl adjacent to an activating group) is 1. The Kier molecular flexibility index (Phi) is 3.46. The van der Waals surface area contributed by atoms with Crippen molar-refractivity contribution >= 4 is 11.8 Å². The number of hydrogen-bond acceptors (Lipinski definition) is 3. The van der Waals surface area contributed by atoms with Gasteiger partial charge in [0.25, 0.3) is 0 Å². The lowest BCUT2D eigenvalue weighted by atomic mass is 10.2. The minimum absolute atomic E-state index is 0.00991. The van der Waals surface area contributed by atoms with Gasteiger partial charge in [-0.05, 0) is 12.8 Å². The molecule has 5 nitrogen and oxygen atoms in total. The molecule has 1 aliphatic heterocycles. The molecule has 0 spiro atoms. The van der Waals surface area contributed by atoms with Crippen molar-refractivity contribution in [3.05, 3.63) is 0 Å². The third-order valence-electron chi connectivity index (χ3n) is 2.47. The second-order valence-corrected chi connectivity index (χ2v) is 3.68. The fraction of sp³-hybridized carbons (Fsp3) is 0.778. The Bertz CT molecular complexity index is 240. The summed E-state index contributed by atoms with van der Waals surface area (Å²) in [6, 6.07) is -0.291. The van der Waals surface area contributed by atoms with Crippen LogP contribution in [-0.2, 0) is 9.59 Å². The molecule has 1 aliphatic rings. The molecule has 1 rings (SSSR count). The van der Waals surface area contributed by atoms with Crippen LogP contribution in [-0.4, -0.2) is 54.8 Å². The summed E-state index contributed by atoms with van der Waals surface area (Å²) in [5.74, 6) is -0.146. The number of nitrogens with two attached hydrogens (primary N) is 1. The van der Waals surface area contributed by atoms with Crippen molar-refractivity contribution < 1.29 is 9.59 Å². The molecule has 0 aromatic carbocycles. The van der Waals surface area contributed by atoms with Crippen LogP contribution < -0.4 is 5.73 Å². The van der Waals surface area contributed by atoms with Gasteiger partial charge >= 0.3 is 0 Å². The molecule has 0 saturated carbocycles. The number of likely N-dealkylation sites (tertiary alicyclic amines) is 1. The van der Waals surface area contributed by atoms with Gasteiger partial charge in [0.1, 0.15) is 6.04 Å². The van der Waals surface area contributed by atoms with Crippen molar-refractivity contribution in [3.63, 3.8) is 0 Å². The molecule has 80 valence electrons. The lowest BCUT2D eigenvalue weighted by molar-refractivity contribution is -0.141. The molecule has 1 unspecified atom stereocenters. The SMILES string of the molecule is CN(C)C(=O)C1CCCN1C(=O)CN. The largest absolute Gasteiger partial charge is 0.347 e. The summed E-state index contributed by atoms with van der Waals surface area (Å²) in [7, 11) is 3.40. The van der Waals surface area contributed by atoms with Crippen LogP contribution in [0.5, 0.6) is 0 Å². The molecule has 0 bridgehead atoms. The summed E-state index contributed by atoms with van der Waals surface area (Å²) in [6.45, 7) is 0.636. The predicted molar refractivity (Wildman–Crippen MR) is 52.5 cm³/mol. The first-order chi connectivity index (χ1) is 6.57. The van der Waals surface area contributed by atoms with Crippen LogP contribution in [0.2, 0.25) is 0 Å². The van der Waals surface area contributed by atoms with Crippen molar-refractivity contribution in [1.82, 2.24) is 9.80 Å². The highest BCUT2D eigenvalue weighted by atomic mass is 16.2. The van der Waals surface area contributed by atoms with Crippen molar-refractivity contribution in [2.75, 3.05) is 27.2 Å². The number of amides is 2. The summed E-state index contributed by atoms with van der Waals surface area (Å²) >= 11 is 0. The molecule has 5 heteroatoms. The van der Waals surface area contributed by atoms with E-state index >= 15 is 0 Å². The molecule has 0 aliphatic carbocycles. The average molecular weight is 199 g/mol. The van der Waals surface area contributed by atoms with Crippen LogP contribution >= 0.6 is 0 Å². The first-order valence-corrected chi connectivity index (χ1v) is 4.78. The van der Waals surface area contributed by atoms with Crippen LogP contribution in [0.1, 0.15) is 12.8 Å². The van der Waals surface area contributed by atoms with Crippen molar-refractivity contribution in [2.24, 2.45) is 5.73 Å². The third kappa shape index (κ3) is 2.04. The lowest BCUT2D eigenvalue weighted by Gasteiger charge is -2.25. The Morgan fingerprint density at radius 3 is 2.64 bits per heavy atom. The molecular weight excluding hydrogens is 182 g/mol. The fourth-order valence-corrected chi connectivity index (χ4v) is 1.74. The second-order valence-electron chi connectivity index (χ2n) is 3.68. The van der Waals surface area contributed by atoms with Gasteiger partial charge in [-0.1, -0.05) is 0 Å². The Morgan fingerprint density at radius 1 is 1.50 bits per heavy atom. The molecule has 0 aromatic heterocycles. The van der Waals surface area contributed by atoms with Gasteiger partial charge in [0.05, 0.1) is 6.54 Å². The maximum Gasteiger partial charge on any atom is 0.244 e. The monoisotopic (exact) mass is 199 g/mol. The molecule has 2 N–H and O–H groups in total. The molecule has 1 fully saturated rings. The summed E-state index contributed by atoms with van der Waals surface area (Å²) in [6.07, 6.45) is 1.64. The normalized spacial score (nSPS) is 21.1. The van der Waals surface area contributed by atoms with Crippen molar-refractivity contribution in [1.29, 1.82) is 0 Å². The molecule has 2 amide bonds. The zero-order chi connectivity index (χ0) is 10.7. The number of rotatable bonds is 2. The second kappa shape index (κ2) is 4.41. The minimum atomic E-state index is -0.291. The molecule has 0 radical (unpaired) electrons. The Morgan fingerprint density at radius 2 is 2.14 bits per heavy atom. The van der Waals surface area contributed by atoms with Crippen molar-refractivity contribution in [3.8, 4) is 0 Å². The average Bonchev–Trinajstić information content (AvgIpc) is 2.63. The summed E-state index contributed by atoms with van der Waals surface area (Å²) in [5.41, 5.74) is 5.27. The van der Waals surface area contributed by atoms with E-state index in [4.69, 9.17) is 5.73 Å². The van der Waals surface area contributed by atoms with E-state index in [9.17, 15) is 9.59 Å². The van der Waals surface area contributed by atoms with Crippen LogP contribution in [0, 0.1) is 0 Å². The highest BCUT2D eigenvalue weighted by Gasteiger charge is 2.33. The maximum absolute atomic E-state index is 11.7. The Labute approximate surface area is 83.8 Å². The number of carbonyl (C=O) groups excluding carboxylic acids is 2. The summed E-state index contributed by atoms with van der Waals surface area (Å²) < 4.78 is 0. The van der Waals surface area contributed by atoms with Crippen LogP contribution in [0.3, 0.4) is 0 Å². The van der Waals surface area contributed by atoms with E-state index in [1.165, 1.54) is 4.90 Å². The van der Waals surface area contributed by atoms with E-state index in [2.05, 4.69) is 0 Å². The van der Waals surface area contributed by atoms with E-state index < -0.39 is 0 Å². The topological polar surface area (TPSA) is 66.6 Å². The van der Waals surface area contributed by atoms with Gasteiger partial charge in [-0.15, -0.1) is 0 Å². The van der Waals surface area contributed by atoms with Gasteiger partial charge in [0.15, 0.2) is 0 Å². The third-order valence-corrected chi connectivity index (χ3v) is 2.47. The summed E-state index contributed by atoms with van der Waals surface area (Å²) in [5, 5.41) is 0. The molecule has 0 aromatic rings. The van der Waals surface area contributed by atoms with E-state index in [0.717, 1.165) is 12.8 Å². The Hall–Kier alpha value is -1.10. The predicted octanol–water partition coefficient (Wildman–Crippen LogP) is -0.976.